The summed E-state index contributed by atoms with van der Waals surface area (Å²) in [5.74, 6) is 1.62. The lowest BCUT2D eigenvalue weighted by atomic mass is 10.1. The zero-order chi connectivity index (χ0) is 13.0. The Labute approximate surface area is 116 Å². The lowest BCUT2D eigenvalue weighted by Gasteiger charge is -2.16. The lowest BCUT2D eigenvalue weighted by Crippen LogP contribution is -2.32. The van der Waals surface area contributed by atoms with Crippen LogP contribution in [0.1, 0.15) is 18.9 Å². The largest absolute Gasteiger partial charge is 0.454 e. The van der Waals surface area contributed by atoms with E-state index in [0.29, 0.717) is 12.8 Å². The molecule has 0 bridgehead atoms. The molecule has 1 atom stereocenters. The maximum Gasteiger partial charge on any atom is 0.231 e. The van der Waals surface area contributed by atoms with Crippen LogP contribution in [0.25, 0.3) is 0 Å². The van der Waals surface area contributed by atoms with Crippen LogP contribution in [0, 0.1) is 0 Å². The maximum absolute atomic E-state index is 5.38. The number of benzene rings is 1. The summed E-state index contributed by atoms with van der Waals surface area (Å²) in [6, 6.07) is 4.34. The number of hydrogen-bond donors (Lipinski definition) is 1. The van der Waals surface area contributed by atoms with Gasteiger partial charge in [0.1, 0.15) is 0 Å². The molecule has 1 heterocycles. The summed E-state index contributed by atoms with van der Waals surface area (Å²) in [7, 11) is 1.72. The van der Waals surface area contributed by atoms with Crippen LogP contribution < -0.4 is 14.8 Å². The summed E-state index contributed by atoms with van der Waals surface area (Å²) < 4.78 is 16.9. The molecule has 0 saturated carbocycles. The second-order valence-electron chi connectivity index (χ2n) is 4.24. The van der Waals surface area contributed by atoms with E-state index in [0.717, 1.165) is 41.1 Å². The maximum atomic E-state index is 5.38. The topological polar surface area (TPSA) is 39.7 Å². The molecule has 5 heteroatoms. The molecule has 0 radical (unpaired) electrons. The number of methoxy groups -OCH3 is 1. The van der Waals surface area contributed by atoms with Crippen LogP contribution in [0.5, 0.6) is 11.5 Å². The fraction of sp³-hybridized carbons (Fsp3) is 0.538. The van der Waals surface area contributed by atoms with Crippen molar-refractivity contribution in [3.8, 4) is 11.5 Å². The Balaban J connectivity index is 2.01. The van der Waals surface area contributed by atoms with Crippen molar-refractivity contribution in [1.82, 2.24) is 5.32 Å². The number of nitrogens with one attached hydrogen (secondary N) is 1. The molecule has 0 fully saturated rings. The van der Waals surface area contributed by atoms with Gasteiger partial charge in [0.25, 0.3) is 0 Å². The lowest BCUT2D eigenvalue weighted by molar-refractivity contribution is 0.163. The molecule has 4 nitrogen and oxygen atoms in total. The third kappa shape index (κ3) is 3.16. The van der Waals surface area contributed by atoms with Crippen LogP contribution in [-0.4, -0.2) is 26.6 Å². The average Bonchev–Trinajstić information content (AvgIpc) is 2.81. The van der Waals surface area contributed by atoms with Gasteiger partial charge < -0.3 is 19.5 Å². The smallest absolute Gasteiger partial charge is 0.231 e. The monoisotopic (exact) mass is 315 g/mol. The van der Waals surface area contributed by atoms with Gasteiger partial charge in [0, 0.05) is 24.2 Å². The average molecular weight is 316 g/mol. The standard InChI is InChI=1S/C13H18BrNO3/c1-3-10(7-16-2)15-6-9-4-12-13(5-11(9)14)18-8-17-12/h4-5,10,15H,3,6-8H2,1-2H3. The highest BCUT2D eigenvalue weighted by Gasteiger charge is 2.16. The van der Waals surface area contributed by atoms with Gasteiger partial charge in [-0.25, -0.2) is 0 Å². The van der Waals surface area contributed by atoms with E-state index in [-0.39, 0.29) is 0 Å². The second-order valence-corrected chi connectivity index (χ2v) is 5.09. The van der Waals surface area contributed by atoms with Crippen molar-refractivity contribution in [2.24, 2.45) is 0 Å². The van der Waals surface area contributed by atoms with Crippen LogP contribution in [0.2, 0.25) is 0 Å². The van der Waals surface area contributed by atoms with E-state index >= 15 is 0 Å². The molecule has 1 N–H and O–H groups in total. The normalized spacial score (nSPS) is 14.8. The number of ether oxygens (including phenoxy) is 3. The third-order valence-electron chi connectivity index (χ3n) is 2.98. The van der Waals surface area contributed by atoms with Crippen molar-refractivity contribution in [3.63, 3.8) is 0 Å². The summed E-state index contributed by atoms with van der Waals surface area (Å²) in [6.45, 7) is 3.95. The highest BCUT2D eigenvalue weighted by molar-refractivity contribution is 9.10. The van der Waals surface area contributed by atoms with E-state index in [4.69, 9.17) is 14.2 Å². The molecule has 1 unspecified atom stereocenters. The molecule has 18 heavy (non-hydrogen) atoms. The zero-order valence-electron chi connectivity index (χ0n) is 10.7. The van der Waals surface area contributed by atoms with Crippen LogP contribution >= 0.6 is 15.9 Å². The van der Waals surface area contributed by atoms with Crippen molar-refractivity contribution >= 4 is 15.9 Å². The molecule has 1 aromatic rings. The van der Waals surface area contributed by atoms with Crippen molar-refractivity contribution in [3.05, 3.63) is 22.2 Å². The van der Waals surface area contributed by atoms with Crippen LogP contribution in [-0.2, 0) is 11.3 Å². The number of rotatable bonds is 6. The first-order chi connectivity index (χ1) is 8.74. The zero-order valence-corrected chi connectivity index (χ0v) is 12.2. The minimum absolute atomic E-state index is 0.305. The highest BCUT2D eigenvalue weighted by Crippen LogP contribution is 2.36. The van der Waals surface area contributed by atoms with E-state index in [2.05, 4.69) is 28.2 Å². The fourth-order valence-electron chi connectivity index (χ4n) is 1.87. The fourth-order valence-corrected chi connectivity index (χ4v) is 2.33. The number of fused-ring (bicyclic) bond motifs is 1. The van der Waals surface area contributed by atoms with Gasteiger partial charge in [0.2, 0.25) is 6.79 Å². The minimum atomic E-state index is 0.305. The first-order valence-corrected chi connectivity index (χ1v) is 6.84. The first-order valence-electron chi connectivity index (χ1n) is 6.05. The molecule has 1 aliphatic heterocycles. The molecule has 0 aliphatic carbocycles. The van der Waals surface area contributed by atoms with Crippen molar-refractivity contribution < 1.29 is 14.2 Å². The van der Waals surface area contributed by atoms with E-state index in [1.165, 1.54) is 0 Å². The molecular weight excluding hydrogens is 298 g/mol. The predicted molar refractivity (Wildman–Crippen MR) is 73.1 cm³/mol. The molecule has 0 amide bonds. The Kier molecular flexibility index (Phi) is 4.86. The van der Waals surface area contributed by atoms with Crippen LogP contribution in [0.4, 0.5) is 0 Å². The predicted octanol–water partition coefficient (Wildman–Crippen LogP) is 2.69. The second kappa shape index (κ2) is 6.41. The summed E-state index contributed by atoms with van der Waals surface area (Å²) in [5, 5.41) is 3.47. The minimum Gasteiger partial charge on any atom is -0.454 e. The summed E-state index contributed by atoms with van der Waals surface area (Å²) >= 11 is 3.55. The molecule has 100 valence electrons. The third-order valence-corrected chi connectivity index (χ3v) is 3.72. The molecular formula is C13H18BrNO3. The summed E-state index contributed by atoms with van der Waals surface area (Å²) in [5.41, 5.74) is 1.16. The van der Waals surface area contributed by atoms with Gasteiger partial charge >= 0.3 is 0 Å². The van der Waals surface area contributed by atoms with Gasteiger partial charge in [0.15, 0.2) is 11.5 Å². The Morgan fingerprint density at radius 2 is 2.11 bits per heavy atom. The van der Waals surface area contributed by atoms with Gasteiger partial charge in [-0.05, 0) is 24.1 Å². The molecule has 1 aliphatic rings. The highest BCUT2D eigenvalue weighted by atomic mass is 79.9. The summed E-state index contributed by atoms with van der Waals surface area (Å²) in [6.07, 6.45) is 1.04. The number of hydrogen-bond acceptors (Lipinski definition) is 4. The SMILES string of the molecule is CCC(COC)NCc1cc2c(cc1Br)OCO2. The van der Waals surface area contributed by atoms with E-state index in [1.807, 2.05) is 12.1 Å². The van der Waals surface area contributed by atoms with E-state index < -0.39 is 0 Å². The van der Waals surface area contributed by atoms with Crippen molar-refractivity contribution in [1.29, 1.82) is 0 Å². The quantitative estimate of drug-likeness (QED) is 0.876. The van der Waals surface area contributed by atoms with Gasteiger partial charge in [-0.15, -0.1) is 0 Å². The Morgan fingerprint density at radius 1 is 1.39 bits per heavy atom. The molecule has 1 aromatic carbocycles. The van der Waals surface area contributed by atoms with Gasteiger partial charge in [0.05, 0.1) is 6.61 Å². The molecule has 2 rings (SSSR count). The number of halogens is 1. The van der Waals surface area contributed by atoms with Crippen molar-refractivity contribution in [2.45, 2.75) is 25.9 Å². The Hall–Kier alpha value is -0.780. The van der Waals surface area contributed by atoms with Crippen LogP contribution in [0.3, 0.4) is 0 Å². The molecule has 0 saturated heterocycles. The Morgan fingerprint density at radius 3 is 2.78 bits per heavy atom. The van der Waals surface area contributed by atoms with E-state index in [1.54, 1.807) is 7.11 Å². The van der Waals surface area contributed by atoms with E-state index in [9.17, 15) is 0 Å². The molecule has 0 spiro atoms. The van der Waals surface area contributed by atoms with Crippen LogP contribution in [0.15, 0.2) is 16.6 Å². The summed E-state index contributed by atoms with van der Waals surface area (Å²) in [4.78, 5) is 0. The molecule has 0 aromatic heterocycles. The van der Waals surface area contributed by atoms with Gasteiger partial charge in [-0.1, -0.05) is 22.9 Å². The first kappa shape index (κ1) is 13.6. The van der Waals surface area contributed by atoms with Crippen molar-refractivity contribution in [2.75, 3.05) is 20.5 Å². The Bertz CT molecular complexity index is 411. The van der Waals surface area contributed by atoms with Gasteiger partial charge in [-0.3, -0.25) is 0 Å². The van der Waals surface area contributed by atoms with Gasteiger partial charge in [-0.2, -0.15) is 0 Å².